The molecule has 1 nitrogen and oxygen atoms in total. The fourth-order valence-corrected chi connectivity index (χ4v) is 2.69. The molecule has 0 saturated heterocycles. The highest BCUT2D eigenvalue weighted by Gasteiger charge is 2.41. The maximum Gasteiger partial charge on any atom is 0.00163 e. The van der Waals surface area contributed by atoms with Crippen molar-refractivity contribution in [1.29, 1.82) is 0 Å². The average molecular weight is 187 g/mol. The first-order valence-electron chi connectivity index (χ1n) is 5.04. The second kappa shape index (κ2) is 4.52. The van der Waals surface area contributed by atoms with Gasteiger partial charge in [-0.15, -0.1) is 0 Å². The topological polar surface area (TPSA) is 26.0 Å². The number of rotatable bonds is 6. The zero-order valence-electron chi connectivity index (χ0n) is 8.31. The van der Waals surface area contributed by atoms with Crippen LogP contribution in [0.2, 0.25) is 0 Å². The molecule has 1 atom stereocenters. The van der Waals surface area contributed by atoms with Gasteiger partial charge in [-0.2, -0.15) is 11.8 Å². The summed E-state index contributed by atoms with van der Waals surface area (Å²) in [6, 6.07) is 0. The van der Waals surface area contributed by atoms with Crippen molar-refractivity contribution in [1.82, 2.24) is 0 Å². The van der Waals surface area contributed by atoms with Crippen molar-refractivity contribution in [2.75, 3.05) is 12.3 Å². The van der Waals surface area contributed by atoms with Crippen molar-refractivity contribution in [3.63, 3.8) is 0 Å². The molecule has 0 amide bonds. The van der Waals surface area contributed by atoms with E-state index in [-0.39, 0.29) is 0 Å². The first kappa shape index (κ1) is 10.4. The second-order valence-electron chi connectivity index (χ2n) is 4.07. The summed E-state index contributed by atoms with van der Waals surface area (Å²) >= 11 is 2.13. The molecule has 1 aliphatic rings. The molecule has 1 unspecified atom stereocenters. The fourth-order valence-electron chi connectivity index (χ4n) is 1.39. The lowest BCUT2D eigenvalue weighted by atomic mass is 10.1. The van der Waals surface area contributed by atoms with Gasteiger partial charge in [-0.3, -0.25) is 0 Å². The molecule has 72 valence electrons. The van der Waals surface area contributed by atoms with Crippen molar-refractivity contribution in [2.45, 2.75) is 44.8 Å². The normalized spacial score (nSPS) is 22.2. The molecule has 2 heteroatoms. The van der Waals surface area contributed by atoms with Crippen LogP contribution in [0.1, 0.15) is 39.5 Å². The molecule has 1 fully saturated rings. The molecular formula is C10H21NS. The van der Waals surface area contributed by atoms with Gasteiger partial charge < -0.3 is 5.73 Å². The molecule has 0 aliphatic heterocycles. The van der Waals surface area contributed by atoms with Gasteiger partial charge >= 0.3 is 0 Å². The number of hydrogen-bond acceptors (Lipinski definition) is 2. The average Bonchev–Trinajstić information content (AvgIpc) is 2.82. The van der Waals surface area contributed by atoms with Crippen molar-refractivity contribution in [3.05, 3.63) is 0 Å². The fraction of sp³-hybridized carbons (Fsp3) is 1.00. The van der Waals surface area contributed by atoms with Crippen molar-refractivity contribution in [3.8, 4) is 0 Å². The van der Waals surface area contributed by atoms with E-state index in [1.807, 2.05) is 0 Å². The largest absolute Gasteiger partial charge is 0.330 e. The summed E-state index contributed by atoms with van der Waals surface area (Å²) in [7, 11) is 0. The summed E-state index contributed by atoms with van der Waals surface area (Å²) in [5, 5.41) is 0.834. The van der Waals surface area contributed by atoms with E-state index >= 15 is 0 Å². The third-order valence-electron chi connectivity index (χ3n) is 2.88. The molecule has 0 heterocycles. The molecule has 0 bridgehead atoms. The van der Waals surface area contributed by atoms with Gasteiger partial charge in [-0.25, -0.2) is 0 Å². The monoisotopic (exact) mass is 187 g/mol. The Bertz CT molecular complexity index is 132. The van der Waals surface area contributed by atoms with E-state index in [1.54, 1.807) is 0 Å². The van der Waals surface area contributed by atoms with Crippen LogP contribution in [0.4, 0.5) is 0 Å². The summed E-state index contributed by atoms with van der Waals surface area (Å²) in [5.74, 6) is 1.35. The molecule has 1 aliphatic carbocycles. The van der Waals surface area contributed by atoms with Crippen molar-refractivity contribution < 1.29 is 0 Å². The van der Waals surface area contributed by atoms with Gasteiger partial charge in [0.05, 0.1) is 0 Å². The van der Waals surface area contributed by atoms with E-state index in [0.717, 1.165) is 11.8 Å². The minimum Gasteiger partial charge on any atom is -0.330 e. The van der Waals surface area contributed by atoms with E-state index in [1.165, 1.54) is 31.4 Å². The Morgan fingerprint density at radius 3 is 2.58 bits per heavy atom. The molecule has 0 aromatic carbocycles. The van der Waals surface area contributed by atoms with E-state index in [0.29, 0.717) is 5.41 Å². The molecule has 0 spiro atoms. The van der Waals surface area contributed by atoms with E-state index in [9.17, 15) is 0 Å². The highest BCUT2D eigenvalue weighted by Crippen LogP contribution is 2.51. The van der Waals surface area contributed by atoms with Crippen molar-refractivity contribution >= 4 is 11.8 Å². The molecule has 0 radical (unpaired) electrons. The maximum absolute atomic E-state index is 5.58. The van der Waals surface area contributed by atoms with Crippen LogP contribution in [0.3, 0.4) is 0 Å². The standard InChI is InChI=1S/C10H21NS/c1-3-9(2)12-8-10(4-5-10)6-7-11/h9H,3-8,11H2,1-2H3. The lowest BCUT2D eigenvalue weighted by Gasteiger charge is -2.15. The summed E-state index contributed by atoms with van der Waals surface area (Å²) in [6.07, 6.45) is 5.39. The molecular weight excluding hydrogens is 166 g/mol. The van der Waals surface area contributed by atoms with Crippen LogP contribution < -0.4 is 5.73 Å². The van der Waals surface area contributed by atoms with Crippen LogP contribution >= 0.6 is 11.8 Å². The van der Waals surface area contributed by atoms with Crippen LogP contribution in [-0.4, -0.2) is 17.5 Å². The summed E-state index contributed by atoms with van der Waals surface area (Å²) in [4.78, 5) is 0. The van der Waals surface area contributed by atoms with Crippen LogP contribution in [0.15, 0.2) is 0 Å². The van der Waals surface area contributed by atoms with E-state index in [2.05, 4.69) is 25.6 Å². The third kappa shape index (κ3) is 2.98. The Hall–Kier alpha value is 0.310. The Balaban J connectivity index is 2.13. The quantitative estimate of drug-likeness (QED) is 0.692. The zero-order chi connectivity index (χ0) is 9.03. The Morgan fingerprint density at radius 1 is 1.50 bits per heavy atom. The van der Waals surface area contributed by atoms with Crippen LogP contribution in [0.5, 0.6) is 0 Å². The minimum atomic E-state index is 0.669. The highest BCUT2D eigenvalue weighted by molar-refractivity contribution is 7.99. The lowest BCUT2D eigenvalue weighted by Crippen LogP contribution is -2.13. The van der Waals surface area contributed by atoms with Crippen LogP contribution in [-0.2, 0) is 0 Å². The summed E-state index contributed by atoms with van der Waals surface area (Å²) < 4.78 is 0. The Labute approximate surface area is 80.5 Å². The minimum absolute atomic E-state index is 0.669. The van der Waals surface area contributed by atoms with E-state index < -0.39 is 0 Å². The first-order chi connectivity index (χ1) is 5.72. The predicted molar refractivity (Wildman–Crippen MR) is 57.5 cm³/mol. The smallest absolute Gasteiger partial charge is 0.00163 e. The number of thioether (sulfide) groups is 1. The van der Waals surface area contributed by atoms with Gasteiger partial charge in [0.1, 0.15) is 0 Å². The molecule has 0 aromatic heterocycles. The van der Waals surface area contributed by atoms with Gasteiger partial charge in [0.15, 0.2) is 0 Å². The van der Waals surface area contributed by atoms with Crippen LogP contribution in [0, 0.1) is 5.41 Å². The highest BCUT2D eigenvalue weighted by atomic mass is 32.2. The molecule has 1 saturated carbocycles. The first-order valence-corrected chi connectivity index (χ1v) is 6.09. The number of nitrogens with two attached hydrogens (primary N) is 1. The third-order valence-corrected chi connectivity index (χ3v) is 4.56. The molecule has 12 heavy (non-hydrogen) atoms. The van der Waals surface area contributed by atoms with Gasteiger partial charge in [-0.05, 0) is 43.4 Å². The Morgan fingerprint density at radius 2 is 2.17 bits per heavy atom. The van der Waals surface area contributed by atoms with Gasteiger partial charge in [-0.1, -0.05) is 13.8 Å². The zero-order valence-corrected chi connectivity index (χ0v) is 9.12. The van der Waals surface area contributed by atoms with Crippen LogP contribution in [0.25, 0.3) is 0 Å². The summed E-state index contributed by atoms with van der Waals surface area (Å²) in [5.41, 5.74) is 6.25. The second-order valence-corrected chi connectivity index (χ2v) is 5.50. The SMILES string of the molecule is CCC(C)SCC1(CCN)CC1. The lowest BCUT2D eigenvalue weighted by molar-refractivity contribution is 0.536. The van der Waals surface area contributed by atoms with Gasteiger partial charge in [0, 0.05) is 5.25 Å². The maximum atomic E-state index is 5.58. The number of hydrogen-bond donors (Lipinski definition) is 1. The molecule has 0 aromatic rings. The van der Waals surface area contributed by atoms with Crippen molar-refractivity contribution in [2.24, 2.45) is 11.1 Å². The molecule has 2 N–H and O–H groups in total. The summed E-state index contributed by atoms with van der Waals surface area (Å²) in [6.45, 7) is 5.46. The van der Waals surface area contributed by atoms with Gasteiger partial charge in [0.25, 0.3) is 0 Å². The van der Waals surface area contributed by atoms with E-state index in [4.69, 9.17) is 5.73 Å². The molecule has 1 rings (SSSR count). The predicted octanol–water partition coefficient (Wildman–Crippen LogP) is 2.65. The van der Waals surface area contributed by atoms with Gasteiger partial charge in [0.2, 0.25) is 0 Å². The Kier molecular flexibility index (Phi) is 3.91.